The van der Waals surface area contributed by atoms with Crippen LogP contribution in [0.15, 0.2) is 48.5 Å². The van der Waals surface area contributed by atoms with Crippen molar-refractivity contribution in [3.8, 4) is 11.4 Å². The Labute approximate surface area is 193 Å². The SMILES string of the molecule is COc1ccc(C)cc1N1CC(C(=O)NCc2nn(-c3ccccc3)c3c2CCC3)CC1=O. The largest absolute Gasteiger partial charge is 0.495 e. The molecule has 170 valence electrons. The number of amides is 2. The molecule has 7 nitrogen and oxygen atoms in total. The van der Waals surface area contributed by atoms with E-state index in [1.165, 1.54) is 11.3 Å². The van der Waals surface area contributed by atoms with Crippen molar-refractivity contribution in [3.05, 3.63) is 71.0 Å². The van der Waals surface area contributed by atoms with Crippen LogP contribution < -0.4 is 15.0 Å². The molecule has 7 heteroatoms. The van der Waals surface area contributed by atoms with E-state index in [0.29, 0.717) is 18.8 Å². The first-order valence-corrected chi connectivity index (χ1v) is 11.4. The molecule has 2 aliphatic rings. The lowest BCUT2D eigenvalue weighted by atomic mass is 10.1. The van der Waals surface area contributed by atoms with Crippen molar-refractivity contribution in [1.82, 2.24) is 15.1 Å². The van der Waals surface area contributed by atoms with Gasteiger partial charge in [0.1, 0.15) is 5.75 Å². The van der Waals surface area contributed by atoms with Gasteiger partial charge in [-0.15, -0.1) is 0 Å². The van der Waals surface area contributed by atoms with Crippen LogP contribution in [0.2, 0.25) is 0 Å². The van der Waals surface area contributed by atoms with Gasteiger partial charge in [0.25, 0.3) is 0 Å². The third kappa shape index (κ3) is 3.99. The van der Waals surface area contributed by atoms with Gasteiger partial charge in [0.15, 0.2) is 0 Å². The molecule has 0 saturated carbocycles. The Bertz CT molecular complexity index is 1200. The van der Waals surface area contributed by atoms with E-state index in [0.717, 1.165) is 41.9 Å². The minimum atomic E-state index is -0.396. The van der Waals surface area contributed by atoms with Crippen molar-refractivity contribution in [2.75, 3.05) is 18.6 Å². The molecule has 33 heavy (non-hydrogen) atoms. The van der Waals surface area contributed by atoms with E-state index in [1.807, 2.05) is 60.1 Å². The molecule has 0 radical (unpaired) electrons. The summed E-state index contributed by atoms with van der Waals surface area (Å²) in [5.74, 6) is 0.0655. The molecule has 2 aromatic carbocycles. The van der Waals surface area contributed by atoms with Gasteiger partial charge >= 0.3 is 0 Å². The number of nitrogens with one attached hydrogen (secondary N) is 1. The quantitative estimate of drug-likeness (QED) is 0.633. The lowest BCUT2D eigenvalue weighted by molar-refractivity contribution is -0.126. The number of ether oxygens (including phenoxy) is 1. The molecular weight excluding hydrogens is 416 g/mol. The molecule has 5 rings (SSSR count). The van der Waals surface area contributed by atoms with E-state index in [-0.39, 0.29) is 18.2 Å². The molecule has 1 fully saturated rings. The fraction of sp³-hybridized carbons (Fsp3) is 0.346. The van der Waals surface area contributed by atoms with Crippen molar-refractivity contribution in [3.63, 3.8) is 0 Å². The fourth-order valence-electron chi connectivity index (χ4n) is 4.88. The second-order valence-electron chi connectivity index (χ2n) is 8.77. The molecule has 2 amide bonds. The lowest BCUT2D eigenvalue weighted by Gasteiger charge is -2.20. The van der Waals surface area contributed by atoms with E-state index in [1.54, 1.807) is 12.0 Å². The minimum Gasteiger partial charge on any atom is -0.495 e. The third-order valence-corrected chi connectivity index (χ3v) is 6.57. The Hall–Kier alpha value is -3.61. The first kappa shape index (κ1) is 21.2. The summed E-state index contributed by atoms with van der Waals surface area (Å²) in [7, 11) is 1.59. The van der Waals surface area contributed by atoms with Crippen molar-refractivity contribution in [1.29, 1.82) is 0 Å². The topological polar surface area (TPSA) is 76.5 Å². The van der Waals surface area contributed by atoms with Gasteiger partial charge in [-0.2, -0.15) is 5.10 Å². The summed E-state index contributed by atoms with van der Waals surface area (Å²) in [6.07, 6.45) is 3.27. The summed E-state index contributed by atoms with van der Waals surface area (Å²) in [5, 5.41) is 7.86. The zero-order valence-corrected chi connectivity index (χ0v) is 19.0. The maximum absolute atomic E-state index is 13.0. The van der Waals surface area contributed by atoms with Crippen molar-refractivity contribution in [2.45, 2.75) is 39.2 Å². The van der Waals surface area contributed by atoms with Crippen LogP contribution in [0.3, 0.4) is 0 Å². The molecule has 1 aromatic heterocycles. The maximum Gasteiger partial charge on any atom is 0.227 e. The van der Waals surface area contributed by atoms with Crippen molar-refractivity contribution in [2.24, 2.45) is 5.92 Å². The molecule has 1 aliphatic heterocycles. The minimum absolute atomic E-state index is 0.0618. The second-order valence-corrected chi connectivity index (χ2v) is 8.77. The zero-order valence-electron chi connectivity index (χ0n) is 19.0. The Morgan fingerprint density at radius 2 is 2.00 bits per heavy atom. The number of para-hydroxylation sites is 1. The van der Waals surface area contributed by atoms with Crippen LogP contribution in [0.1, 0.15) is 35.4 Å². The summed E-state index contributed by atoms with van der Waals surface area (Å²) >= 11 is 0. The van der Waals surface area contributed by atoms with Crippen LogP contribution in [-0.4, -0.2) is 35.2 Å². The van der Waals surface area contributed by atoms with E-state index in [9.17, 15) is 9.59 Å². The lowest BCUT2D eigenvalue weighted by Crippen LogP contribution is -2.33. The van der Waals surface area contributed by atoms with E-state index in [2.05, 4.69) is 5.32 Å². The fourth-order valence-corrected chi connectivity index (χ4v) is 4.88. The van der Waals surface area contributed by atoms with E-state index in [4.69, 9.17) is 9.84 Å². The summed E-state index contributed by atoms with van der Waals surface area (Å²) in [5.41, 5.74) is 6.19. The van der Waals surface area contributed by atoms with Gasteiger partial charge < -0.3 is 15.0 Å². The number of carbonyl (C=O) groups is 2. The van der Waals surface area contributed by atoms with Crippen LogP contribution in [0.4, 0.5) is 5.69 Å². The monoisotopic (exact) mass is 444 g/mol. The second kappa shape index (κ2) is 8.73. The smallest absolute Gasteiger partial charge is 0.227 e. The van der Waals surface area contributed by atoms with Gasteiger partial charge in [-0.3, -0.25) is 9.59 Å². The number of nitrogens with zero attached hydrogens (tertiary/aromatic N) is 3. The zero-order chi connectivity index (χ0) is 22.9. The highest BCUT2D eigenvalue weighted by molar-refractivity contribution is 6.01. The highest BCUT2D eigenvalue weighted by Gasteiger charge is 2.36. The molecule has 1 aliphatic carbocycles. The van der Waals surface area contributed by atoms with Crippen LogP contribution in [0.5, 0.6) is 5.75 Å². The molecule has 1 saturated heterocycles. The van der Waals surface area contributed by atoms with Crippen LogP contribution in [-0.2, 0) is 29.0 Å². The van der Waals surface area contributed by atoms with E-state index >= 15 is 0 Å². The van der Waals surface area contributed by atoms with E-state index < -0.39 is 5.92 Å². The number of benzene rings is 2. The Morgan fingerprint density at radius 1 is 1.18 bits per heavy atom. The molecule has 1 atom stereocenters. The molecule has 1 N–H and O–H groups in total. The highest BCUT2D eigenvalue weighted by atomic mass is 16.5. The third-order valence-electron chi connectivity index (χ3n) is 6.57. The van der Waals surface area contributed by atoms with Gasteiger partial charge in [0, 0.05) is 18.7 Å². The van der Waals surface area contributed by atoms with Crippen LogP contribution >= 0.6 is 0 Å². The Morgan fingerprint density at radius 3 is 2.79 bits per heavy atom. The number of carbonyl (C=O) groups excluding carboxylic acids is 2. The summed E-state index contributed by atoms with van der Waals surface area (Å²) in [6, 6.07) is 15.8. The van der Waals surface area contributed by atoms with Crippen molar-refractivity contribution >= 4 is 17.5 Å². The Balaban J connectivity index is 1.29. The molecule has 3 aromatic rings. The predicted octanol–water partition coefficient (Wildman–Crippen LogP) is 3.35. The van der Waals surface area contributed by atoms with Gasteiger partial charge in [-0.05, 0) is 61.6 Å². The number of hydrogen-bond acceptors (Lipinski definition) is 4. The molecule has 2 heterocycles. The highest BCUT2D eigenvalue weighted by Crippen LogP contribution is 2.34. The normalized spacial score (nSPS) is 17.3. The number of hydrogen-bond donors (Lipinski definition) is 1. The van der Waals surface area contributed by atoms with Crippen LogP contribution in [0, 0.1) is 12.8 Å². The standard InChI is InChI=1S/C26H28N4O3/c1-17-11-12-24(33-2)23(13-17)29-16-18(14-25(29)31)26(32)27-15-21-20-9-6-10-22(20)30(28-21)19-7-4-3-5-8-19/h3-5,7-8,11-13,18H,6,9-10,14-16H2,1-2H3,(H,27,32). The van der Waals surface area contributed by atoms with Gasteiger partial charge in [-0.1, -0.05) is 24.3 Å². The van der Waals surface area contributed by atoms with Crippen molar-refractivity contribution < 1.29 is 14.3 Å². The predicted molar refractivity (Wildman–Crippen MR) is 126 cm³/mol. The average Bonchev–Trinajstić information content (AvgIpc) is 3.54. The van der Waals surface area contributed by atoms with Gasteiger partial charge in [0.05, 0.1) is 36.6 Å². The molecular formula is C26H28N4O3. The first-order chi connectivity index (χ1) is 16.0. The molecule has 0 bridgehead atoms. The number of anilines is 1. The summed E-state index contributed by atoms with van der Waals surface area (Å²) in [6.45, 7) is 2.70. The van der Waals surface area contributed by atoms with Gasteiger partial charge in [-0.25, -0.2) is 4.68 Å². The summed E-state index contributed by atoms with van der Waals surface area (Å²) in [4.78, 5) is 27.4. The first-order valence-electron chi connectivity index (χ1n) is 11.4. The van der Waals surface area contributed by atoms with Crippen LogP contribution in [0.25, 0.3) is 5.69 Å². The van der Waals surface area contributed by atoms with Gasteiger partial charge in [0.2, 0.25) is 11.8 Å². The maximum atomic E-state index is 13.0. The number of methoxy groups -OCH3 is 1. The average molecular weight is 445 g/mol. The number of aryl methyl sites for hydroxylation is 1. The summed E-state index contributed by atoms with van der Waals surface area (Å²) < 4.78 is 7.45. The Kier molecular flexibility index (Phi) is 5.62. The number of aromatic nitrogens is 2. The molecule has 0 spiro atoms. The number of rotatable bonds is 6. The number of fused-ring (bicyclic) bond motifs is 1. The molecule has 1 unspecified atom stereocenters.